The highest BCUT2D eigenvalue weighted by molar-refractivity contribution is 5.76. The Balaban J connectivity index is 1.85. The van der Waals surface area contributed by atoms with Gasteiger partial charge in [-0.2, -0.15) is 0 Å². The molecule has 0 bridgehead atoms. The van der Waals surface area contributed by atoms with Gasteiger partial charge >= 0.3 is 0 Å². The third-order valence-corrected chi connectivity index (χ3v) is 4.57. The van der Waals surface area contributed by atoms with Crippen LogP contribution in [-0.4, -0.2) is 41.6 Å². The highest BCUT2D eigenvalue weighted by Crippen LogP contribution is 2.27. The van der Waals surface area contributed by atoms with E-state index in [0.717, 1.165) is 19.4 Å². The van der Waals surface area contributed by atoms with Crippen LogP contribution in [0.15, 0.2) is 24.3 Å². The van der Waals surface area contributed by atoms with Crippen molar-refractivity contribution in [2.75, 3.05) is 20.1 Å². The first kappa shape index (κ1) is 17.9. The van der Waals surface area contributed by atoms with Gasteiger partial charge in [0.05, 0.1) is 6.10 Å². The number of benzene rings is 1. The molecule has 23 heavy (non-hydrogen) atoms. The van der Waals surface area contributed by atoms with E-state index >= 15 is 0 Å². The molecular formula is C18H27FN2O2. The molecule has 1 fully saturated rings. The standard InChI is InChI=1S/C18H27FN2O2/c1-18(2,11-13-7-8-21(3)17(23)9-13)20-12-16(22)14-5-4-6-15(19)10-14/h4-6,10,13,16,20,22H,7-9,11-12H2,1-3H3/t13-,16+/m1/s1. The van der Waals surface area contributed by atoms with Gasteiger partial charge in [0, 0.05) is 32.1 Å². The average Bonchev–Trinajstić information content (AvgIpc) is 2.48. The molecule has 0 aliphatic carbocycles. The van der Waals surface area contributed by atoms with E-state index in [1.807, 2.05) is 7.05 Å². The van der Waals surface area contributed by atoms with Gasteiger partial charge in [0.2, 0.25) is 5.91 Å². The van der Waals surface area contributed by atoms with E-state index in [0.29, 0.717) is 24.4 Å². The number of aliphatic hydroxyl groups is 1. The van der Waals surface area contributed by atoms with E-state index in [4.69, 9.17) is 0 Å². The lowest BCUT2D eigenvalue weighted by Gasteiger charge is -2.35. The van der Waals surface area contributed by atoms with Crippen molar-refractivity contribution in [3.63, 3.8) is 0 Å². The molecule has 0 saturated carbocycles. The molecule has 5 heteroatoms. The summed E-state index contributed by atoms with van der Waals surface area (Å²) in [6, 6.07) is 6.04. The SMILES string of the molecule is CN1CC[C@@H](CC(C)(C)NC[C@H](O)c2cccc(F)c2)CC1=O. The zero-order valence-corrected chi connectivity index (χ0v) is 14.2. The number of carbonyl (C=O) groups excluding carboxylic acids is 1. The molecule has 2 atom stereocenters. The smallest absolute Gasteiger partial charge is 0.222 e. The molecule has 1 aliphatic rings. The highest BCUT2D eigenvalue weighted by atomic mass is 19.1. The fourth-order valence-corrected chi connectivity index (χ4v) is 3.18. The summed E-state index contributed by atoms with van der Waals surface area (Å²) in [5.74, 6) is 0.231. The van der Waals surface area contributed by atoms with Crippen LogP contribution in [0.5, 0.6) is 0 Å². The fourth-order valence-electron chi connectivity index (χ4n) is 3.18. The van der Waals surface area contributed by atoms with Crippen LogP contribution in [0.2, 0.25) is 0 Å². The number of nitrogens with one attached hydrogen (secondary N) is 1. The van der Waals surface area contributed by atoms with E-state index in [1.165, 1.54) is 12.1 Å². The van der Waals surface area contributed by atoms with Crippen molar-refractivity contribution in [2.24, 2.45) is 5.92 Å². The Bertz CT molecular complexity index is 548. The second kappa shape index (κ2) is 7.41. The molecule has 128 valence electrons. The summed E-state index contributed by atoms with van der Waals surface area (Å²) >= 11 is 0. The Morgan fingerprint density at radius 1 is 1.48 bits per heavy atom. The maximum Gasteiger partial charge on any atom is 0.222 e. The molecule has 1 aromatic carbocycles. The van der Waals surface area contributed by atoms with Crippen molar-refractivity contribution in [3.8, 4) is 0 Å². The maximum atomic E-state index is 13.2. The second-order valence-corrected chi connectivity index (χ2v) is 7.21. The molecule has 0 unspecified atom stereocenters. The van der Waals surface area contributed by atoms with Crippen LogP contribution in [0.25, 0.3) is 0 Å². The largest absolute Gasteiger partial charge is 0.387 e. The molecule has 0 radical (unpaired) electrons. The van der Waals surface area contributed by atoms with Crippen molar-refractivity contribution in [3.05, 3.63) is 35.6 Å². The normalized spacial score (nSPS) is 20.7. The monoisotopic (exact) mass is 322 g/mol. The van der Waals surface area contributed by atoms with Crippen LogP contribution in [0.4, 0.5) is 4.39 Å². The van der Waals surface area contributed by atoms with Gasteiger partial charge < -0.3 is 15.3 Å². The van der Waals surface area contributed by atoms with Gasteiger partial charge in [-0.3, -0.25) is 4.79 Å². The van der Waals surface area contributed by atoms with E-state index in [2.05, 4.69) is 19.2 Å². The van der Waals surface area contributed by atoms with Gasteiger partial charge in [-0.25, -0.2) is 4.39 Å². The number of hydrogen-bond acceptors (Lipinski definition) is 3. The van der Waals surface area contributed by atoms with Gasteiger partial charge in [-0.1, -0.05) is 12.1 Å². The minimum atomic E-state index is -0.746. The van der Waals surface area contributed by atoms with Gasteiger partial charge in [0.15, 0.2) is 0 Å². The van der Waals surface area contributed by atoms with Crippen molar-refractivity contribution in [1.82, 2.24) is 10.2 Å². The van der Waals surface area contributed by atoms with Crippen LogP contribution in [0.1, 0.15) is 44.8 Å². The predicted molar refractivity (Wildman–Crippen MR) is 88.4 cm³/mol. The summed E-state index contributed by atoms with van der Waals surface area (Å²) in [6.45, 7) is 5.32. The van der Waals surface area contributed by atoms with Gasteiger partial charge in [-0.05, 0) is 50.3 Å². The zero-order chi connectivity index (χ0) is 17.0. The molecule has 1 amide bonds. The number of hydrogen-bond donors (Lipinski definition) is 2. The number of carbonyl (C=O) groups is 1. The molecule has 0 spiro atoms. The van der Waals surface area contributed by atoms with E-state index in [9.17, 15) is 14.3 Å². The topological polar surface area (TPSA) is 52.6 Å². The number of β-amino-alcohol motifs (C(OH)–C–C–N with tert-alkyl or cyclic N) is 1. The van der Waals surface area contributed by atoms with Crippen LogP contribution in [-0.2, 0) is 4.79 Å². The third-order valence-electron chi connectivity index (χ3n) is 4.57. The first-order valence-corrected chi connectivity index (χ1v) is 8.19. The Kier molecular flexibility index (Phi) is 5.76. The van der Waals surface area contributed by atoms with Crippen molar-refractivity contribution in [2.45, 2.75) is 44.8 Å². The van der Waals surface area contributed by atoms with E-state index in [-0.39, 0.29) is 17.3 Å². The number of halogens is 1. The predicted octanol–water partition coefficient (Wildman–Crippen LogP) is 2.49. The summed E-state index contributed by atoms with van der Waals surface area (Å²) < 4.78 is 13.2. The molecular weight excluding hydrogens is 295 g/mol. The van der Waals surface area contributed by atoms with Crippen molar-refractivity contribution < 1.29 is 14.3 Å². The van der Waals surface area contributed by atoms with Crippen LogP contribution in [0.3, 0.4) is 0 Å². The molecule has 2 rings (SSSR count). The summed E-state index contributed by atoms with van der Waals surface area (Å²) in [4.78, 5) is 13.6. The Hall–Kier alpha value is -1.46. The minimum absolute atomic E-state index is 0.185. The number of amides is 1. The molecule has 4 nitrogen and oxygen atoms in total. The van der Waals surface area contributed by atoms with Crippen LogP contribution in [0, 0.1) is 11.7 Å². The van der Waals surface area contributed by atoms with Crippen LogP contribution < -0.4 is 5.32 Å². The third kappa shape index (κ3) is 5.29. The molecule has 1 saturated heterocycles. The second-order valence-electron chi connectivity index (χ2n) is 7.21. The van der Waals surface area contributed by atoms with Gasteiger partial charge in [0.1, 0.15) is 5.82 Å². The molecule has 2 N–H and O–H groups in total. The molecule has 1 aliphatic heterocycles. The average molecular weight is 322 g/mol. The quantitative estimate of drug-likeness (QED) is 0.846. The minimum Gasteiger partial charge on any atom is -0.387 e. The molecule has 1 aromatic rings. The lowest BCUT2D eigenvalue weighted by molar-refractivity contribution is -0.133. The van der Waals surface area contributed by atoms with E-state index in [1.54, 1.807) is 17.0 Å². The lowest BCUT2D eigenvalue weighted by atomic mass is 9.84. The summed E-state index contributed by atoms with van der Waals surface area (Å²) in [5.41, 5.74) is 0.387. The van der Waals surface area contributed by atoms with Gasteiger partial charge in [0.25, 0.3) is 0 Å². The maximum absolute atomic E-state index is 13.2. The molecule has 0 aromatic heterocycles. The zero-order valence-electron chi connectivity index (χ0n) is 14.2. The first-order valence-electron chi connectivity index (χ1n) is 8.19. The highest BCUT2D eigenvalue weighted by Gasteiger charge is 2.29. The Morgan fingerprint density at radius 2 is 2.22 bits per heavy atom. The van der Waals surface area contributed by atoms with Crippen LogP contribution >= 0.6 is 0 Å². The summed E-state index contributed by atoms with van der Waals surface area (Å²) in [7, 11) is 1.84. The van der Waals surface area contributed by atoms with Crippen molar-refractivity contribution >= 4 is 5.91 Å². The van der Waals surface area contributed by atoms with E-state index < -0.39 is 6.10 Å². The molecule has 1 heterocycles. The Morgan fingerprint density at radius 3 is 2.87 bits per heavy atom. The number of aliphatic hydroxyl groups excluding tert-OH is 1. The number of nitrogens with zero attached hydrogens (tertiary/aromatic N) is 1. The lowest BCUT2D eigenvalue weighted by Crippen LogP contribution is -2.45. The number of rotatable bonds is 6. The summed E-state index contributed by atoms with van der Waals surface area (Å²) in [6.07, 6.45) is 1.74. The first-order chi connectivity index (χ1) is 10.8. The summed E-state index contributed by atoms with van der Waals surface area (Å²) in [5, 5.41) is 13.6. The van der Waals surface area contributed by atoms with Crippen molar-refractivity contribution in [1.29, 1.82) is 0 Å². The van der Waals surface area contributed by atoms with Gasteiger partial charge in [-0.15, -0.1) is 0 Å². The number of likely N-dealkylation sites (tertiary alicyclic amines) is 1. The number of piperidine rings is 1. The Labute approximate surface area is 137 Å². The fraction of sp³-hybridized carbons (Fsp3) is 0.611.